The minimum absolute atomic E-state index is 0.0555. The molecule has 0 aromatic heterocycles. The van der Waals surface area contributed by atoms with E-state index in [9.17, 15) is 14.7 Å². The lowest BCUT2D eigenvalue weighted by Gasteiger charge is -2.18. The van der Waals surface area contributed by atoms with Crippen molar-refractivity contribution in [2.75, 3.05) is 0 Å². The molecule has 6 heteroatoms. The molecular formula is C20H11ClN2O3. The van der Waals surface area contributed by atoms with Crippen LogP contribution in [0.2, 0.25) is 5.02 Å². The summed E-state index contributed by atoms with van der Waals surface area (Å²) >= 11 is 5.86. The number of fused-ring (bicyclic) bond motifs is 2. The molecule has 1 aliphatic carbocycles. The summed E-state index contributed by atoms with van der Waals surface area (Å²) < 4.78 is 0. The van der Waals surface area contributed by atoms with Crippen molar-refractivity contribution in [3.8, 4) is 5.75 Å². The van der Waals surface area contributed by atoms with Crippen molar-refractivity contribution in [3.63, 3.8) is 0 Å². The van der Waals surface area contributed by atoms with Crippen molar-refractivity contribution < 1.29 is 14.7 Å². The summed E-state index contributed by atoms with van der Waals surface area (Å²) in [5.74, 6) is -0.520. The predicted octanol–water partition coefficient (Wildman–Crippen LogP) is 5.24. The van der Waals surface area contributed by atoms with Gasteiger partial charge in [-0.1, -0.05) is 48.0 Å². The molecule has 3 aromatic carbocycles. The maximum atomic E-state index is 12.9. The highest BCUT2D eigenvalue weighted by Crippen LogP contribution is 2.34. The number of halogens is 1. The fraction of sp³-hybridized carbons (Fsp3) is 0. The van der Waals surface area contributed by atoms with Crippen LogP contribution in [-0.4, -0.2) is 16.7 Å². The normalized spacial score (nSPS) is 13.0. The molecule has 0 aliphatic heterocycles. The number of hydrogen-bond donors (Lipinski definition) is 1. The zero-order valence-electron chi connectivity index (χ0n) is 13.3. The minimum Gasteiger partial charge on any atom is -0.506 e. The number of carbonyl (C=O) groups is 2. The third-order valence-electron chi connectivity index (χ3n) is 4.13. The smallest absolute Gasteiger partial charge is 0.196 e. The van der Waals surface area contributed by atoms with Crippen LogP contribution in [-0.2, 0) is 0 Å². The van der Waals surface area contributed by atoms with Crippen molar-refractivity contribution in [1.29, 1.82) is 0 Å². The van der Waals surface area contributed by atoms with E-state index in [-0.39, 0.29) is 27.9 Å². The van der Waals surface area contributed by atoms with Gasteiger partial charge in [0, 0.05) is 16.7 Å². The topological polar surface area (TPSA) is 79.1 Å². The van der Waals surface area contributed by atoms with Crippen LogP contribution in [0.3, 0.4) is 0 Å². The number of azo groups is 1. The molecule has 0 bridgehead atoms. The van der Waals surface area contributed by atoms with E-state index in [4.69, 9.17) is 11.6 Å². The van der Waals surface area contributed by atoms with Gasteiger partial charge in [-0.2, -0.15) is 5.11 Å². The van der Waals surface area contributed by atoms with Gasteiger partial charge in [-0.05, 0) is 24.3 Å². The molecule has 26 heavy (non-hydrogen) atoms. The van der Waals surface area contributed by atoms with Crippen molar-refractivity contribution in [3.05, 3.63) is 87.9 Å². The van der Waals surface area contributed by atoms with Gasteiger partial charge in [0.25, 0.3) is 0 Å². The molecule has 1 aliphatic rings. The molecule has 0 atom stereocenters. The molecule has 5 nitrogen and oxygen atoms in total. The Morgan fingerprint density at radius 1 is 0.769 bits per heavy atom. The first-order chi connectivity index (χ1) is 12.6. The molecule has 4 rings (SSSR count). The van der Waals surface area contributed by atoms with Gasteiger partial charge in [-0.15, -0.1) is 5.11 Å². The van der Waals surface area contributed by atoms with Crippen LogP contribution in [0.1, 0.15) is 31.8 Å². The van der Waals surface area contributed by atoms with Gasteiger partial charge < -0.3 is 5.11 Å². The second-order valence-electron chi connectivity index (χ2n) is 5.74. The van der Waals surface area contributed by atoms with E-state index >= 15 is 0 Å². The number of rotatable bonds is 2. The third kappa shape index (κ3) is 2.59. The maximum Gasteiger partial charge on any atom is 0.196 e. The van der Waals surface area contributed by atoms with Crippen LogP contribution < -0.4 is 0 Å². The number of aromatic hydroxyl groups is 1. The number of phenols is 1. The highest BCUT2D eigenvalue weighted by Gasteiger charge is 2.31. The lowest BCUT2D eigenvalue weighted by molar-refractivity contribution is 0.0979. The van der Waals surface area contributed by atoms with Crippen LogP contribution in [0, 0.1) is 0 Å². The monoisotopic (exact) mass is 362 g/mol. The average Bonchev–Trinajstić information content (AvgIpc) is 2.67. The van der Waals surface area contributed by atoms with Gasteiger partial charge in [0.05, 0.1) is 22.0 Å². The molecule has 0 saturated carbocycles. The van der Waals surface area contributed by atoms with Gasteiger partial charge in [-0.25, -0.2) is 0 Å². The van der Waals surface area contributed by atoms with E-state index in [0.717, 1.165) is 0 Å². The summed E-state index contributed by atoms with van der Waals surface area (Å²) in [5.41, 5.74) is 2.03. The Bertz CT molecular complexity index is 1110. The fourth-order valence-corrected chi connectivity index (χ4v) is 3.05. The Labute approximate surface area is 153 Å². The summed E-state index contributed by atoms with van der Waals surface area (Å²) in [6.45, 7) is 0. The van der Waals surface area contributed by atoms with E-state index in [1.54, 1.807) is 48.5 Å². The predicted molar refractivity (Wildman–Crippen MR) is 97.0 cm³/mol. The Balaban J connectivity index is 1.80. The first-order valence-electron chi connectivity index (χ1n) is 7.78. The Hall–Kier alpha value is -3.31. The summed E-state index contributed by atoms with van der Waals surface area (Å²) in [5, 5.41) is 17.8. The average molecular weight is 363 g/mol. The molecule has 0 fully saturated rings. The Kier molecular flexibility index (Phi) is 3.86. The van der Waals surface area contributed by atoms with Crippen LogP contribution in [0.5, 0.6) is 5.75 Å². The minimum atomic E-state index is -0.256. The molecular weight excluding hydrogens is 352 g/mol. The SMILES string of the molecule is O=C1c2ccccc2C(=O)c2c(N=Nc3ccc(O)c(Cl)c3)cccc21. The third-order valence-corrected chi connectivity index (χ3v) is 4.44. The van der Waals surface area contributed by atoms with Crippen LogP contribution in [0.25, 0.3) is 0 Å². The lowest BCUT2D eigenvalue weighted by atomic mass is 9.83. The van der Waals surface area contributed by atoms with Gasteiger partial charge in [0.1, 0.15) is 5.75 Å². The number of benzene rings is 3. The first-order valence-corrected chi connectivity index (χ1v) is 8.16. The molecule has 126 valence electrons. The molecule has 0 radical (unpaired) electrons. The van der Waals surface area contributed by atoms with Gasteiger partial charge in [0.15, 0.2) is 11.6 Å². The number of hydrogen-bond acceptors (Lipinski definition) is 5. The van der Waals surface area contributed by atoms with E-state index < -0.39 is 0 Å². The maximum absolute atomic E-state index is 12.9. The fourth-order valence-electron chi connectivity index (χ4n) is 2.88. The van der Waals surface area contributed by atoms with E-state index in [2.05, 4.69) is 10.2 Å². The second-order valence-corrected chi connectivity index (χ2v) is 6.15. The van der Waals surface area contributed by atoms with Crippen molar-refractivity contribution >= 4 is 34.5 Å². The molecule has 3 aromatic rings. The zero-order valence-corrected chi connectivity index (χ0v) is 14.1. The van der Waals surface area contributed by atoms with Crippen LogP contribution in [0.15, 0.2) is 70.9 Å². The van der Waals surface area contributed by atoms with E-state index in [1.165, 1.54) is 12.1 Å². The van der Waals surface area contributed by atoms with E-state index in [0.29, 0.717) is 28.1 Å². The number of phenolic OH excluding ortho intramolecular Hbond substituents is 1. The van der Waals surface area contributed by atoms with Gasteiger partial charge >= 0.3 is 0 Å². The van der Waals surface area contributed by atoms with Crippen LogP contribution >= 0.6 is 11.6 Å². The summed E-state index contributed by atoms with van der Waals surface area (Å²) in [6.07, 6.45) is 0. The number of carbonyl (C=O) groups excluding carboxylic acids is 2. The molecule has 0 heterocycles. The quantitative estimate of drug-likeness (QED) is 0.495. The zero-order chi connectivity index (χ0) is 18.3. The highest BCUT2D eigenvalue weighted by molar-refractivity contribution is 6.32. The van der Waals surface area contributed by atoms with Gasteiger partial charge in [-0.3, -0.25) is 9.59 Å². The number of ketones is 2. The molecule has 0 amide bonds. The first kappa shape index (κ1) is 16.2. The Morgan fingerprint density at radius 3 is 2.19 bits per heavy atom. The highest BCUT2D eigenvalue weighted by atomic mass is 35.5. The molecule has 0 unspecified atom stereocenters. The standard InChI is InChI=1S/C20H11ClN2O3/c21-15-10-11(8-9-17(15)24)22-23-16-7-3-6-14-18(16)20(26)13-5-2-1-4-12(13)19(14)25/h1-10,24H. The van der Waals surface area contributed by atoms with Crippen molar-refractivity contribution in [2.24, 2.45) is 10.2 Å². The van der Waals surface area contributed by atoms with E-state index in [1.807, 2.05) is 0 Å². The lowest BCUT2D eigenvalue weighted by Crippen LogP contribution is -2.20. The van der Waals surface area contributed by atoms with Gasteiger partial charge in [0.2, 0.25) is 0 Å². The largest absolute Gasteiger partial charge is 0.506 e. The summed E-state index contributed by atoms with van der Waals surface area (Å²) in [7, 11) is 0. The molecule has 0 spiro atoms. The summed E-state index contributed by atoms with van der Waals surface area (Å²) in [4.78, 5) is 25.6. The van der Waals surface area contributed by atoms with Crippen molar-refractivity contribution in [2.45, 2.75) is 0 Å². The molecule has 1 N–H and O–H groups in total. The molecule has 0 saturated heterocycles. The summed E-state index contributed by atoms with van der Waals surface area (Å²) in [6, 6.07) is 16.0. The Morgan fingerprint density at radius 2 is 1.46 bits per heavy atom. The van der Waals surface area contributed by atoms with Crippen LogP contribution in [0.4, 0.5) is 11.4 Å². The van der Waals surface area contributed by atoms with Crippen molar-refractivity contribution in [1.82, 2.24) is 0 Å². The second kappa shape index (κ2) is 6.20. The number of nitrogens with zero attached hydrogens (tertiary/aromatic N) is 2.